The summed E-state index contributed by atoms with van der Waals surface area (Å²) < 4.78 is 6.21. The van der Waals surface area contributed by atoms with E-state index >= 15 is 0 Å². The van der Waals surface area contributed by atoms with Crippen molar-refractivity contribution in [2.45, 2.75) is 12.8 Å². The van der Waals surface area contributed by atoms with Crippen molar-refractivity contribution in [1.82, 2.24) is 15.0 Å². The minimum absolute atomic E-state index is 0.607. The summed E-state index contributed by atoms with van der Waals surface area (Å²) in [5.74, 6) is 1.88. The lowest BCUT2D eigenvalue weighted by Crippen LogP contribution is -2.01. The Kier molecular flexibility index (Phi) is 6.29. The van der Waals surface area contributed by atoms with E-state index in [9.17, 15) is 0 Å². The fourth-order valence-electron chi connectivity index (χ4n) is 6.61. The maximum Gasteiger partial charge on any atom is 0.164 e. The molecule has 5 heteroatoms. The average Bonchev–Trinajstić information content (AvgIpc) is 3.52. The Morgan fingerprint density at radius 2 is 1.28 bits per heavy atom. The normalized spacial score (nSPS) is 13.2. The van der Waals surface area contributed by atoms with Crippen molar-refractivity contribution in [3.05, 3.63) is 144 Å². The molecule has 0 bridgehead atoms. The Bertz CT molecular complexity index is 2560. The highest BCUT2D eigenvalue weighted by Gasteiger charge is 2.18. The second-order valence-electron chi connectivity index (χ2n) is 11.7. The molecule has 2 aromatic heterocycles. The van der Waals surface area contributed by atoms with Crippen molar-refractivity contribution < 1.29 is 4.42 Å². The van der Waals surface area contributed by atoms with Gasteiger partial charge in [0.2, 0.25) is 0 Å². The van der Waals surface area contributed by atoms with E-state index < -0.39 is 0 Å². The number of fused-ring (bicyclic) bond motifs is 6. The quantitative estimate of drug-likeness (QED) is 0.199. The minimum Gasteiger partial charge on any atom is -0.456 e. The molecule has 46 heavy (non-hydrogen) atoms. The summed E-state index contributed by atoms with van der Waals surface area (Å²) in [6, 6.07) is 39.4. The zero-order valence-electron chi connectivity index (χ0n) is 24.7. The molecule has 1 aliphatic rings. The van der Waals surface area contributed by atoms with Gasteiger partial charge in [0, 0.05) is 27.5 Å². The van der Waals surface area contributed by atoms with Crippen molar-refractivity contribution in [3.8, 4) is 34.2 Å². The van der Waals surface area contributed by atoms with Crippen LogP contribution in [0.3, 0.4) is 0 Å². The largest absolute Gasteiger partial charge is 0.456 e. The maximum absolute atomic E-state index is 6.73. The molecular formula is C41H26ClN3O. The molecule has 0 atom stereocenters. The molecule has 218 valence electrons. The van der Waals surface area contributed by atoms with E-state index in [1.54, 1.807) is 0 Å². The van der Waals surface area contributed by atoms with Crippen LogP contribution in [-0.2, 0) is 0 Å². The highest BCUT2D eigenvalue weighted by atomic mass is 35.5. The van der Waals surface area contributed by atoms with Crippen LogP contribution >= 0.6 is 11.6 Å². The molecule has 2 heterocycles. The van der Waals surface area contributed by atoms with Gasteiger partial charge in [0.05, 0.1) is 5.02 Å². The Morgan fingerprint density at radius 1 is 0.565 bits per heavy atom. The summed E-state index contributed by atoms with van der Waals surface area (Å²) in [5, 5.41) is 6.93. The smallest absolute Gasteiger partial charge is 0.164 e. The number of benzene rings is 6. The summed E-state index contributed by atoms with van der Waals surface area (Å²) in [6.07, 6.45) is 8.61. The van der Waals surface area contributed by atoms with Gasteiger partial charge >= 0.3 is 0 Å². The molecule has 0 spiro atoms. The lowest BCUT2D eigenvalue weighted by molar-refractivity contribution is 0.669. The van der Waals surface area contributed by atoms with E-state index in [4.69, 9.17) is 31.0 Å². The highest BCUT2D eigenvalue weighted by molar-refractivity contribution is 6.39. The summed E-state index contributed by atoms with van der Waals surface area (Å²) in [7, 11) is 0. The van der Waals surface area contributed by atoms with Gasteiger partial charge in [0.1, 0.15) is 11.2 Å². The average molecular weight is 612 g/mol. The van der Waals surface area contributed by atoms with E-state index in [0.717, 1.165) is 73.0 Å². The predicted molar refractivity (Wildman–Crippen MR) is 190 cm³/mol. The third-order valence-corrected chi connectivity index (χ3v) is 9.17. The lowest BCUT2D eigenvalue weighted by atomic mass is 9.96. The number of allylic oxidation sites excluding steroid dienone is 4. The number of nitrogens with zero attached hydrogens (tertiary/aromatic N) is 3. The Labute approximate surface area is 270 Å². The molecule has 0 fully saturated rings. The third kappa shape index (κ3) is 4.49. The topological polar surface area (TPSA) is 51.8 Å². The van der Waals surface area contributed by atoms with Crippen LogP contribution in [0.5, 0.6) is 0 Å². The molecule has 0 amide bonds. The number of furan rings is 1. The van der Waals surface area contributed by atoms with Gasteiger partial charge in [-0.15, -0.1) is 0 Å². The molecule has 0 N–H and O–H groups in total. The molecule has 6 aromatic carbocycles. The van der Waals surface area contributed by atoms with E-state index in [1.807, 2.05) is 24.3 Å². The lowest BCUT2D eigenvalue weighted by Gasteiger charge is -2.13. The van der Waals surface area contributed by atoms with Gasteiger partial charge in [-0.05, 0) is 75.9 Å². The molecule has 8 aromatic rings. The first-order valence-corrected chi connectivity index (χ1v) is 15.8. The van der Waals surface area contributed by atoms with Crippen LogP contribution in [0.2, 0.25) is 5.02 Å². The minimum atomic E-state index is 0.607. The van der Waals surface area contributed by atoms with Gasteiger partial charge in [0.25, 0.3) is 0 Å². The van der Waals surface area contributed by atoms with Crippen LogP contribution in [0, 0.1) is 0 Å². The van der Waals surface area contributed by atoms with Crippen LogP contribution in [0.15, 0.2) is 138 Å². The molecule has 0 radical (unpaired) electrons. The van der Waals surface area contributed by atoms with Crippen LogP contribution < -0.4 is 0 Å². The van der Waals surface area contributed by atoms with Gasteiger partial charge in [-0.3, -0.25) is 0 Å². The molecule has 0 saturated carbocycles. The standard InChI is InChI=1S/C41H26ClN3O/c42-34-17-8-18-35-38(34)37-33-24-30(20-19-27(33)21-22-36(37)46-35)40-43-39(29-14-6-13-28(23-29)25-9-2-1-3-10-25)44-41(45-40)32-16-7-12-26-11-4-5-15-31(26)32/h1-2,4-9,11-24H,3,10H2. The first-order chi connectivity index (χ1) is 22.7. The Morgan fingerprint density at radius 3 is 2.17 bits per heavy atom. The monoisotopic (exact) mass is 611 g/mol. The Hall–Kier alpha value is -5.58. The number of rotatable bonds is 4. The summed E-state index contributed by atoms with van der Waals surface area (Å²) in [6.45, 7) is 0. The van der Waals surface area contributed by atoms with Crippen molar-refractivity contribution in [1.29, 1.82) is 0 Å². The predicted octanol–water partition coefficient (Wildman–Crippen LogP) is 11.5. The molecule has 0 aliphatic heterocycles. The molecule has 1 aliphatic carbocycles. The van der Waals surface area contributed by atoms with Crippen LogP contribution in [0.4, 0.5) is 0 Å². The molecule has 9 rings (SSSR count). The number of hydrogen-bond acceptors (Lipinski definition) is 4. The van der Waals surface area contributed by atoms with E-state index in [1.165, 1.54) is 11.1 Å². The third-order valence-electron chi connectivity index (χ3n) is 8.86. The van der Waals surface area contributed by atoms with Gasteiger partial charge in [0.15, 0.2) is 17.5 Å². The van der Waals surface area contributed by atoms with Gasteiger partial charge in [-0.1, -0.05) is 115 Å². The molecule has 0 unspecified atom stereocenters. The zero-order chi connectivity index (χ0) is 30.6. The van der Waals surface area contributed by atoms with Crippen molar-refractivity contribution in [2.24, 2.45) is 0 Å². The van der Waals surface area contributed by atoms with Crippen molar-refractivity contribution in [2.75, 3.05) is 0 Å². The SMILES string of the molecule is Clc1cccc2oc3ccc4ccc(-c5nc(-c6cccc(C7=CC=CCC7)c6)nc(-c6cccc7ccccc67)n5)cc4c3c12. The highest BCUT2D eigenvalue weighted by Crippen LogP contribution is 2.40. The number of hydrogen-bond donors (Lipinski definition) is 0. The van der Waals surface area contributed by atoms with Crippen molar-refractivity contribution in [3.63, 3.8) is 0 Å². The van der Waals surface area contributed by atoms with E-state index in [-0.39, 0.29) is 0 Å². The maximum atomic E-state index is 6.73. The number of halogens is 1. The Balaban J connectivity index is 1.29. The first-order valence-electron chi connectivity index (χ1n) is 15.4. The fourth-order valence-corrected chi connectivity index (χ4v) is 6.87. The molecule has 4 nitrogen and oxygen atoms in total. The zero-order valence-corrected chi connectivity index (χ0v) is 25.5. The van der Waals surface area contributed by atoms with Gasteiger partial charge < -0.3 is 4.42 Å². The summed E-state index contributed by atoms with van der Waals surface area (Å²) in [4.78, 5) is 15.3. The summed E-state index contributed by atoms with van der Waals surface area (Å²) in [5.41, 5.74) is 6.88. The van der Waals surface area contributed by atoms with Gasteiger partial charge in [-0.25, -0.2) is 15.0 Å². The van der Waals surface area contributed by atoms with Crippen molar-refractivity contribution >= 4 is 60.7 Å². The molecular weight excluding hydrogens is 586 g/mol. The fraction of sp³-hybridized carbons (Fsp3) is 0.0488. The van der Waals surface area contributed by atoms with Crippen LogP contribution in [0.1, 0.15) is 18.4 Å². The van der Waals surface area contributed by atoms with Crippen LogP contribution in [0.25, 0.3) is 83.2 Å². The summed E-state index contributed by atoms with van der Waals surface area (Å²) >= 11 is 6.73. The van der Waals surface area contributed by atoms with Gasteiger partial charge in [-0.2, -0.15) is 0 Å². The second kappa shape index (κ2) is 10.8. The molecule has 0 saturated heterocycles. The van der Waals surface area contributed by atoms with E-state index in [0.29, 0.717) is 22.5 Å². The first kappa shape index (κ1) is 26.8. The second-order valence-corrected chi connectivity index (χ2v) is 12.1. The van der Waals surface area contributed by atoms with E-state index in [2.05, 4.69) is 109 Å². The number of aromatic nitrogens is 3. The van der Waals surface area contributed by atoms with Crippen LogP contribution in [-0.4, -0.2) is 15.0 Å².